The number of aryl methyl sites for hydroxylation is 3. The third-order valence-electron chi connectivity index (χ3n) is 8.10. The Labute approximate surface area is 223 Å². The van der Waals surface area contributed by atoms with E-state index in [1.165, 1.54) is 24.1 Å². The number of benzene rings is 1. The Bertz CT molecular complexity index is 1100. The van der Waals surface area contributed by atoms with Gasteiger partial charge in [0.25, 0.3) is 5.92 Å². The van der Waals surface area contributed by atoms with Crippen molar-refractivity contribution in [2.24, 2.45) is 0 Å². The molecule has 3 atom stereocenters. The number of aliphatic carboxylic acids is 1. The Morgan fingerprint density at radius 3 is 2.82 bits per heavy atom. The number of aromatic nitrogens is 1. The van der Waals surface area contributed by atoms with Gasteiger partial charge in [-0.2, -0.15) is 0 Å². The van der Waals surface area contributed by atoms with Crippen molar-refractivity contribution in [2.45, 2.75) is 88.4 Å². The summed E-state index contributed by atoms with van der Waals surface area (Å²) in [6.07, 6.45) is 7.77. The maximum atomic E-state index is 13.6. The number of nitrogens with zero attached hydrogens (tertiary/aromatic N) is 2. The molecule has 0 radical (unpaired) electrons. The van der Waals surface area contributed by atoms with Gasteiger partial charge in [-0.1, -0.05) is 30.3 Å². The van der Waals surface area contributed by atoms with Crippen molar-refractivity contribution in [2.75, 3.05) is 26.3 Å². The minimum absolute atomic E-state index is 0.0181. The second-order valence-electron chi connectivity index (χ2n) is 10.9. The summed E-state index contributed by atoms with van der Waals surface area (Å²) in [4.78, 5) is 19.2. The van der Waals surface area contributed by atoms with Crippen LogP contribution in [0.15, 0.2) is 36.4 Å². The van der Waals surface area contributed by atoms with E-state index in [0.717, 1.165) is 44.2 Å². The molecule has 38 heavy (non-hydrogen) atoms. The number of alkyl halides is 2. The lowest BCUT2D eigenvalue weighted by atomic mass is 9.91. The molecule has 8 heteroatoms. The molecule has 1 aliphatic carbocycles. The van der Waals surface area contributed by atoms with Gasteiger partial charge in [-0.25, -0.2) is 8.78 Å². The van der Waals surface area contributed by atoms with E-state index in [1.807, 2.05) is 11.0 Å². The van der Waals surface area contributed by atoms with E-state index in [4.69, 9.17) is 14.5 Å². The Morgan fingerprint density at radius 2 is 2.00 bits per heavy atom. The van der Waals surface area contributed by atoms with Crippen molar-refractivity contribution in [3.8, 4) is 0 Å². The first-order chi connectivity index (χ1) is 18.4. The summed E-state index contributed by atoms with van der Waals surface area (Å²) in [7, 11) is 0. The number of halogens is 2. The number of carbonyl (C=O) groups is 1. The average Bonchev–Trinajstić information content (AvgIpc) is 3.37. The number of rotatable bonds is 10. The molecule has 0 amide bonds. The second-order valence-corrected chi connectivity index (χ2v) is 10.9. The predicted octanol–water partition coefficient (Wildman–Crippen LogP) is 5.69. The van der Waals surface area contributed by atoms with Gasteiger partial charge in [0.2, 0.25) is 0 Å². The van der Waals surface area contributed by atoms with Gasteiger partial charge < -0.3 is 14.6 Å². The summed E-state index contributed by atoms with van der Waals surface area (Å²) in [6, 6.07) is 10.7. The van der Waals surface area contributed by atoms with Crippen molar-refractivity contribution in [1.29, 1.82) is 0 Å². The van der Waals surface area contributed by atoms with Crippen molar-refractivity contribution >= 4 is 5.97 Å². The molecular formula is C30H38F2N2O4. The summed E-state index contributed by atoms with van der Waals surface area (Å²) in [6.45, 7) is 1.15. The van der Waals surface area contributed by atoms with Crippen LogP contribution in [0.1, 0.15) is 85.2 Å². The lowest BCUT2D eigenvalue weighted by molar-refractivity contribution is -0.147. The highest BCUT2D eigenvalue weighted by molar-refractivity contribution is 5.76. The predicted molar refractivity (Wildman–Crippen MR) is 139 cm³/mol. The molecule has 1 aromatic heterocycles. The topological polar surface area (TPSA) is 71.9 Å². The first-order valence-electron chi connectivity index (χ1n) is 14.0. The molecule has 0 saturated carbocycles. The van der Waals surface area contributed by atoms with Gasteiger partial charge in [-0.15, -0.1) is 0 Å². The zero-order chi connectivity index (χ0) is 26.5. The summed E-state index contributed by atoms with van der Waals surface area (Å²) >= 11 is 0. The Kier molecular flexibility index (Phi) is 8.71. The van der Waals surface area contributed by atoms with E-state index < -0.39 is 30.6 Å². The van der Waals surface area contributed by atoms with E-state index in [-0.39, 0.29) is 18.9 Å². The van der Waals surface area contributed by atoms with Crippen LogP contribution >= 0.6 is 0 Å². The van der Waals surface area contributed by atoms with Crippen molar-refractivity contribution in [3.63, 3.8) is 0 Å². The summed E-state index contributed by atoms with van der Waals surface area (Å²) in [5, 5.41) is 10.2. The third kappa shape index (κ3) is 6.58. The lowest BCUT2D eigenvalue weighted by Crippen LogP contribution is -2.35. The molecule has 2 aliphatic heterocycles. The summed E-state index contributed by atoms with van der Waals surface area (Å²) in [5.74, 6) is -3.77. The summed E-state index contributed by atoms with van der Waals surface area (Å²) in [5.41, 5.74) is 5.15. The highest BCUT2D eigenvalue weighted by atomic mass is 19.3. The number of ether oxygens (including phenoxy) is 2. The highest BCUT2D eigenvalue weighted by Gasteiger charge is 2.40. The number of carboxylic acid groups (broad SMARTS) is 1. The van der Waals surface area contributed by atoms with E-state index in [2.05, 4.69) is 12.1 Å². The first kappa shape index (κ1) is 27.2. The molecule has 3 aliphatic rings. The van der Waals surface area contributed by atoms with Crippen LogP contribution in [-0.2, 0) is 33.5 Å². The molecule has 0 spiro atoms. The standard InChI is InChI=1S/C30H38F2N2O4/c31-30(32)16-14-27(38-20-30)24-9-2-3-10-25(24)28(29(35)36)34-17-15-23(19-34)37-18-6-5-8-22-13-12-21-7-1-4-11-26(21)33-22/h2-3,9-10,12-13,23,27-28H,1,4-8,11,14-20H2,(H,35,36)/t23-,27?,28?/m1/s1. The number of pyridine rings is 1. The zero-order valence-electron chi connectivity index (χ0n) is 21.9. The van der Waals surface area contributed by atoms with Crippen molar-refractivity contribution in [1.82, 2.24) is 9.88 Å². The molecule has 1 aromatic carbocycles. The number of fused-ring (bicyclic) bond motifs is 1. The Hall–Kier alpha value is -2.42. The maximum absolute atomic E-state index is 13.6. The largest absolute Gasteiger partial charge is 0.480 e. The third-order valence-corrected chi connectivity index (χ3v) is 8.10. The van der Waals surface area contributed by atoms with E-state index >= 15 is 0 Å². The molecular weight excluding hydrogens is 490 g/mol. The van der Waals surface area contributed by atoms with Gasteiger partial charge in [0.15, 0.2) is 0 Å². The normalized spacial score (nSPS) is 24.2. The van der Waals surface area contributed by atoms with Crippen LogP contribution in [0.3, 0.4) is 0 Å². The van der Waals surface area contributed by atoms with Crippen LogP contribution in [-0.4, -0.2) is 59.3 Å². The second kappa shape index (κ2) is 12.2. The minimum atomic E-state index is -2.83. The molecule has 2 fully saturated rings. The molecule has 1 N–H and O–H groups in total. The lowest BCUT2D eigenvalue weighted by Gasteiger charge is -2.32. The molecule has 0 bridgehead atoms. The SMILES string of the molecule is O=C(O)C(c1ccccc1C1CCC(F)(F)CO1)N1CC[C@@H](OCCCCc2ccc3c(n2)CCCC3)C1. The fraction of sp³-hybridized carbons (Fsp3) is 0.600. The average molecular weight is 529 g/mol. The zero-order valence-corrected chi connectivity index (χ0v) is 21.9. The fourth-order valence-electron chi connectivity index (χ4n) is 6.05. The van der Waals surface area contributed by atoms with Crippen LogP contribution in [0, 0.1) is 0 Å². The van der Waals surface area contributed by atoms with E-state index in [1.54, 1.807) is 18.2 Å². The van der Waals surface area contributed by atoms with E-state index in [0.29, 0.717) is 30.8 Å². The molecule has 6 nitrogen and oxygen atoms in total. The molecule has 5 rings (SSSR count). The monoisotopic (exact) mass is 528 g/mol. The van der Waals surface area contributed by atoms with Crippen molar-refractivity contribution in [3.05, 3.63) is 64.5 Å². The van der Waals surface area contributed by atoms with Crippen molar-refractivity contribution < 1.29 is 28.2 Å². The molecule has 3 heterocycles. The number of likely N-dealkylation sites (tertiary alicyclic amines) is 1. The van der Waals surface area contributed by atoms with Crippen LogP contribution in [0.4, 0.5) is 8.78 Å². The molecule has 2 saturated heterocycles. The van der Waals surface area contributed by atoms with Gasteiger partial charge in [0, 0.05) is 37.5 Å². The van der Waals surface area contributed by atoms with Gasteiger partial charge in [-0.3, -0.25) is 14.7 Å². The summed E-state index contributed by atoms with van der Waals surface area (Å²) < 4.78 is 38.9. The maximum Gasteiger partial charge on any atom is 0.325 e. The molecule has 2 aromatic rings. The first-order valence-corrected chi connectivity index (χ1v) is 14.0. The number of hydrogen-bond donors (Lipinski definition) is 1. The number of hydrogen-bond acceptors (Lipinski definition) is 5. The molecule has 2 unspecified atom stereocenters. The van der Waals surface area contributed by atoms with Gasteiger partial charge >= 0.3 is 5.97 Å². The van der Waals surface area contributed by atoms with Gasteiger partial charge in [0.1, 0.15) is 12.6 Å². The van der Waals surface area contributed by atoms with Crippen LogP contribution in [0.25, 0.3) is 0 Å². The number of carboxylic acids is 1. The number of unbranched alkanes of at least 4 members (excludes halogenated alkanes) is 1. The fourth-order valence-corrected chi connectivity index (χ4v) is 6.05. The Balaban J connectivity index is 1.12. The van der Waals surface area contributed by atoms with E-state index in [9.17, 15) is 18.7 Å². The van der Waals surface area contributed by atoms with Crippen LogP contribution < -0.4 is 0 Å². The smallest absolute Gasteiger partial charge is 0.325 e. The quantitative estimate of drug-likeness (QED) is 0.400. The van der Waals surface area contributed by atoms with Crippen LogP contribution in [0.2, 0.25) is 0 Å². The van der Waals surface area contributed by atoms with Gasteiger partial charge in [-0.05, 0) is 80.5 Å². The highest BCUT2D eigenvalue weighted by Crippen LogP contribution is 2.39. The minimum Gasteiger partial charge on any atom is -0.480 e. The van der Waals surface area contributed by atoms with Gasteiger partial charge in [0.05, 0.1) is 12.2 Å². The van der Waals surface area contributed by atoms with Crippen LogP contribution in [0.5, 0.6) is 0 Å². The Morgan fingerprint density at radius 1 is 1.16 bits per heavy atom. The molecule has 206 valence electrons.